The van der Waals surface area contributed by atoms with E-state index in [9.17, 15) is 9.90 Å². The number of phenolic OH excluding ortho intramolecular Hbond substituents is 1. The van der Waals surface area contributed by atoms with Crippen molar-refractivity contribution in [2.75, 3.05) is 6.61 Å². The second-order valence-electron chi connectivity index (χ2n) is 5.32. The van der Waals surface area contributed by atoms with Gasteiger partial charge in [0.1, 0.15) is 11.5 Å². The van der Waals surface area contributed by atoms with Crippen LogP contribution in [0.3, 0.4) is 0 Å². The molecule has 0 saturated heterocycles. The molecule has 8 heteroatoms. The van der Waals surface area contributed by atoms with E-state index in [1.807, 2.05) is 32.0 Å². The fourth-order valence-corrected chi connectivity index (χ4v) is 4.40. The number of hydrazone groups is 1. The highest BCUT2D eigenvalue weighted by Gasteiger charge is 2.12. The van der Waals surface area contributed by atoms with Crippen LogP contribution in [0.25, 0.3) is 0 Å². The lowest BCUT2D eigenvalue weighted by molar-refractivity contribution is -0.123. The highest BCUT2D eigenvalue weighted by molar-refractivity contribution is 9.11. The minimum atomic E-state index is -0.385. The van der Waals surface area contributed by atoms with E-state index in [0.717, 1.165) is 11.1 Å². The van der Waals surface area contributed by atoms with Crippen LogP contribution in [0.5, 0.6) is 11.5 Å². The van der Waals surface area contributed by atoms with Gasteiger partial charge in [-0.05, 0) is 75.0 Å². The van der Waals surface area contributed by atoms with Crippen LogP contribution in [-0.2, 0) is 4.79 Å². The Kier molecular flexibility index (Phi) is 7.04. The summed E-state index contributed by atoms with van der Waals surface area (Å²) in [6.45, 7) is 3.79. The van der Waals surface area contributed by atoms with Crippen LogP contribution >= 0.6 is 47.8 Å². The second-order valence-corrected chi connectivity index (χ2v) is 7.82. The van der Waals surface area contributed by atoms with E-state index >= 15 is 0 Å². The van der Waals surface area contributed by atoms with Crippen LogP contribution in [0.4, 0.5) is 0 Å². The second kappa shape index (κ2) is 8.82. The highest BCUT2D eigenvalue weighted by atomic mass is 79.9. The third-order valence-corrected chi connectivity index (χ3v) is 5.19. The number of hydrogen-bond donors (Lipinski definition) is 2. The molecule has 0 aromatic heterocycles. The van der Waals surface area contributed by atoms with Gasteiger partial charge in [-0.25, -0.2) is 5.43 Å². The fourth-order valence-electron chi connectivity index (χ4n) is 2.08. The van der Waals surface area contributed by atoms with Crippen molar-refractivity contribution in [1.82, 2.24) is 5.43 Å². The molecule has 0 spiro atoms. The Balaban J connectivity index is 1.96. The van der Waals surface area contributed by atoms with Gasteiger partial charge in [0, 0.05) is 10.0 Å². The minimum Gasteiger partial charge on any atom is -0.506 e. The van der Waals surface area contributed by atoms with Gasteiger partial charge in [-0.2, -0.15) is 5.10 Å². The quantitative estimate of drug-likeness (QED) is 0.426. The van der Waals surface area contributed by atoms with E-state index in [2.05, 4.69) is 58.3 Å². The molecule has 2 N–H and O–H groups in total. The number of carbonyl (C=O) groups is 1. The van der Waals surface area contributed by atoms with Gasteiger partial charge in [-0.15, -0.1) is 0 Å². The lowest BCUT2D eigenvalue weighted by atomic mass is 10.1. The summed E-state index contributed by atoms with van der Waals surface area (Å²) >= 11 is 9.89. The van der Waals surface area contributed by atoms with Crippen molar-refractivity contribution < 1.29 is 14.6 Å². The number of hydrogen-bond acceptors (Lipinski definition) is 4. The number of ether oxygens (including phenoxy) is 1. The molecule has 2 aromatic rings. The maximum Gasteiger partial charge on any atom is 0.277 e. The molecule has 132 valence electrons. The maximum absolute atomic E-state index is 11.8. The molecule has 0 aliphatic carbocycles. The minimum absolute atomic E-state index is 0.0501. The average Bonchev–Trinajstić information content (AvgIpc) is 2.53. The molecule has 5 nitrogen and oxygen atoms in total. The Bertz CT molecular complexity index is 818. The van der Waals surface area contributed by atoms with Gasteiger partial charge >= 0.3 is 0 Å². The van der Waals surface area contributed by atoms with E-state index in [0.29, 0.717) is 24.7 Å². The summed E-state index contributed by atoms with van der Waals surface area (Å²) in [5, 5.41) is 13.8. The number of benzene rings is 2. The first-order chi connectivity index (χ1) is 11.8. The summed E-state index contributed by atoms with van der Waals surface area (Å²) in [4.78, 5) is 11.8. The van der Waals surface area contributed by atoms with Crippen LogP contribution in [0.15, 0.2) is 42.8 Å². The first-order valence-corrected chi connectivity index (χ1v) is 9.55. The van der Waals surface area contributed by atoms with Crippen LogP contribution < -0.4 is 10.2 Å². The molecule has 0 bridgehead atoms. The van der Waals surface area contributed by atoms with Gasteiger partial charge in [0.15, 0.2) is 6.61 Å². The molecule has 0 unspecified atom stereocenters. The molecule has 0 aliphatic heterocycles. The number of aromatic hydroxyl groups is 1. The standard InChI is InChI=1S/C17H15Br3N2O3/c1-9-3-10(2)5-11(4-9)25-8-15(23)22-21-7-12-13(18)6-14(19)17(24)16(12)20/h3-7,24H,8H2,1-2H3,(H,22,23)/b21-7-. The Hall–Kier alpha value is -1.38. The molecule has 0 aliphatic rings. The molecule has 0 fully saturated rings. The fraction of sp³-hybridized carbons (Fsp3) is 0.176. The van der Waals surface area contributed by atoms with Crippen molar-refractivity contribution in [3.05, 3.63) is 54.4 Å². The van der Waals surface area contributed by atoms with E-state index in [-0.39, 0.29) is 18.3 Å². The van der Waals surface area contributed by atoms with Crippen LogP contribution in [-0.4, -0.2) is 23.8 Å². The smallest absolute Gasteiger partial charge is 0.277 e. The zero-order valence-electron chi connectivity index (χ0n) is 13.4. The van der Waals surface area contributed by atoms with E-state index < -0.39 is 0 Å². The molecule has 0 heterocycles. The molecule has 0 radical (unpaired) electrons. The predicted molar refractivity (Wildman–Crippen MR) is 108 cm³/mol. The van der Waals surface area contributed by atoms with E-state index in [1.54, 1.807) is 6.07 Å². The number of rotatable bonds is 5. The van der Waals surface area contributed by atoms with Gasteiger partial charge in [-0.1, -0.05) is 22.0 Å². The molecule has 0 atom stereocenters. The zero-order valence-corrected chi connectivity index (χ0v) is 18.2. The van der Waals surface area contributed by atoms with Crippen LogP contribution in [0.2, 0.25) is 0 Å². The lowest BCUT2D eigenvalue weighted by Gasteiger charge is -2.08. The number of aryl methyl sites for hydroxylation is 2. The summed E-state index contributed by atoms with van der Waals surface area (Å²) in [5.41, 5.74) is 5.12. The lowest BCUT2D eigenvalue weighted by Crippen LogP contribution is -2.24. The Morgan fingerprint density at radius 1 is 1.16 bits per heavy atom. The van der Waals surface area contributed by atoms with Crippen molar-refractivity contribution in [2.45, 2.75) is 13.8 Å². The summed E-state index contributed by atoms with van der Waals surface area (Å²) in [5.74, 6) is 0.304. The molecule has 1 amide bonds. The first-order valence-electron chi connectivity index (χ1n) is 7.17. The molecule has 0 saturated carbocycles. The number of amides is 1. The topological polar surface area (TPSA) is 70.9 Å². The highest BCUT2D eigenvalue weighted by Crippen LogP contribution is 2.38. The number of phenols is 1. The predicted octanol–water partition coefficient (Wildman–Crippen LogP) is 4.83. The summed E-state index contributed by atoms with van der Waals surface area (Å²) < 4.78 is 7.16. The third-order valence-electron chi connectivity index (χ3n) is 3.13. The first kappa shape index (κ1) is 19.9. The van der Waals surface area contributed by atoms with Crippen molar-refractivity contribution in [2.24, 2.45) is 5.10 Å². The van der Waals surface area contributed by atoms with Gasteiger partial charge in [0.25, 0.3) is 5.91 Å². The summed E-state index contributed by atoms with van der Waals surface area (Å²) in [7, 11) is 0. The van der Waals surface area contributed by atoms with E-state index in [1.165, 1.54) is 6.21 Å². The SMILES string of the molecule is Cc1cc(C)cc(OCC(=O)N/N=C\c2c(Br)cc(Br)c(O)c2Br)c1. The number of carbonyl (C=O) groups excluding carboxylic acids is 1. The van der Waals surface area contributed by atoms with Crippen molar-refractivity contribution in [1.29, 1.82) is 0 Å². The Morgan fingerprint density at radius 2 is 1.80 bits per heavy atom. The average molecular weight is 535 g/mol. The largest absolute Gasteiger partial charge is 0.506 e. The van der Waals surface area contributed by atoms with Crippen molar-refractivity contribution in [3.63, 3.8) is 0 Å². The van der Waals surface area contributed by atoms with Gasteiger partial charge < -0.3 is 9.84 Å². The maximum atomic E-state index is 11.8. The molecule has 2 rings (SSSR count). The third kappa shape index (κ3) is 5.55. The van der Waals surface area contributed by atoms with Crippen LogP contribution in [0, 0.1) is 13.8 Å². The Labute approximate surface area is 170 Å². The van der Waals surface area contributed by atoms with Crippen LogP contribution in [0.1, 0.15) is 16.7 Å². The summed E-state index contributed by atoms with van der Waals surface area (Å²) in [6.07, 6.45) is 1.43. The molecule has 25 heavy (non-hydrogen) atoms. The van der Waals surface area contributed by atoms with Gasteiger partial charge in [0.2, 0.25) is 0 Å². The number of halogens is 3. The van der Waals surface area contributed by atoms with Crippen molar-refractivity contribution in [3.8, 4) is 11.5 Å². The normalized spacial score (nSPS) is 10.9. The van der Waals surface area contributed by atoms with E-state index in [4.69, 9.17) is 4.74 Å². The monoisotopic (exact) mass is 532 g/mol. The number of nitrogens with zero attached hydrogens (tertiary/aromatic N) is 1. The molecular weight excluding hydrogens is 520 g/mol. The summed E-state index contributed by atoms with van der Waals surface area (Å²) in [6, 6.07) is 7.44. The zero-order chi connectivity index (χ0) is 18.6. The Morgan fingerprint density at radius 3 is 2.44 bits per heavy atom. The van der Waals surface area contributed by atoms with Crippen molar-refractivity contribution >= 4 is 59.9 Å². The number of nitrogens with one attached hydrogen (secondary N) is 1. The van der Waals surface area contributed by atoms with Gasteiger partial charge in [0.05, 0.1) is 15.2 Å². The molecular formula is C17H15Br3N2O3. The van der Waals surface area contributed by atoms with Gasteiger partial charge in [-0.3, -0.25) is 4.79 Å². The molecule has 2 aromatic carbocycles.